The van der Waals surface area contributed by atoms with Crippen LogP contribution in [0.15, 0.2) is 72.1 Å². The Kier molecular flexibility index (Phi) is 6.49. The largest absolute Gasteiger partial charge is 0.337 e. The zero-order chi connectivity index (χ0) is 20.1. The first-order valence-corrected chi connectivity index (χ1v) is 11.4. The molecular weight excluding hydrogens is 424 g/mol. The van der Waals surface area contributed by atoms with Gasteiger partial charge in [0.05, 0.1) is 22.3 Å². The highest BCUT2D eigenvalue weighted by Gasteiger charge is 2.19. The number of hydrogen-bond donors (Lipinski definition) is 0. The summed E-state index contributed by atoms with van der Waals surface area (Å²) in [6.45, 7) is 1.41. The lowest BCUT2D eigenvalue weighted by Gasteiger charge is -2.20. The zero-order valence-corrected chi connectivity index (χ0v) is 18.0. The van der Waals surface area contributed by atoms with E-state index < -0.39 is 0 Å². The van der Waals surface area contributed by atoms with Gasteiger partial charge in [0.25, 0.3) is 0 Å². The van der Waals surface area contributed by atoms with Crippen LogP contribution in [0, 0.1) is 0 Å². The van der Waals surface area contributed by atoms with Crippen molar-refractivity contribution in [2.75, 3.05) is 17.2 Å². The van der Waals surface area contributed by atoms with Crippen LogP contribution < -0.4 is 4.90 Å². The van der Waals surface area contributed by atoms with Gasteiger partial charge in [0.1, 0.15) is 0 Å². The van der Waals surface area contributed by atoms with Gasteiger partial charge in [-0.2, -0.15) is 0 Å². The number of fused-ring (bicyclic) bond motifs is 1. The summed E-state index contributed by atoms with van der Waals surface area (Å²) in [4.78, 5) is 24.7. The van der Waals surface area contributed by atoms with Crippen LogP contribution >= 0.6 is 34.7 Å². The number of benzene rings is 2. The molecule has 8 heteroatoms. The van der Waals surface area contributed by atoms with Gasteiger partial charge in [0.2, 0.25) is 5.91 Å². The first-order chi connectivity index (χ1) is 14.2. The molecule has 0 saturated heterocycles. The van der Waals surface area contributed by atoms with Gasteiger partial charge in [0, 0.05) is 35.4 Å². The molecule has 2 aromatic carbocycles. The van der Waals surface area contributed by atoms with Crippen molar-refractivity contribution < 1.29 is 4.79 Å². The number of carbonyl (C=O) groups is 1. The van der Waals surface area contributed by atoms with E-state index in [9.17, 15) is 4.79 Å². The highest BCUT2D eigenvalue weighted by Crippen LogP contribution is 2.30. The predicted octanol–water partition coefficient (Wildman–Crippen LogP) is 5.36. The van der Waals surface area contributed by atoms with Crippen molar-refractivity contribution in [2.24, 2.45) is 0 Å². The summed E-state index contributed by atoms with van der Waals surface area (Å²) in [6.07, 6.45) is 6.31. The minimum Gasteiger partial charge on any atom is -0.337 e. The van der Waals surface area contributed by atoms with Crippen LogP contribution in [0.25, 0.3) is 10.2 Å². The average molecular weight is 443 g/mol. The van der Waals surface area contributed by atoms with E-state index in [0.29, 0.717) is 17.3 Å². The van der Waals surface area contributed by atoms with Crippen LogP contribution in [0.2, 0.25) is 5.02 Å². The number of rotatable bonds is 8. The molecule has 0 unspecified atom stereocenters. The third-order valence-electron chi connectivity index (χ3n) is 4.35. The number of aryl methyl sites for hydroxylation is 1. The Morgan fingerprint density at radius 1 is 1.17 bits per heavy atom. The Balaban J connectivity index is 1.48. The maximum atomic E-state index is 13.1. The number of carbonyl (C=O) groups excluding carboxylic acids is 1. The number of imidazole rings is 1. The topological polar surface area (TPSA) is 51.0 Å². The summed E-state index contributed by atoms with van der Waals surface area (Å²) in [6, 6.07) is 15.5. The third-order valence-corrected chi connectivity index (χ3v) is 6.66. The monoisotopic (exact) mass is 442 g/mol. The highest BCUT2D eigenvalue weighted by atomic mass is 35.5. The van der Waals surface area contributed by atoms with Gasteiger partial charge in [-0.05, 0) is 42.8 Å². The highest BCUT2D eigenvalue weighted by molar-refractivity contribution is 8.00. The van der Waals surface area contributed by atoms with Gasteiger partial charge in [-0.1, -0.05) is 35.1 Å². The molecule has 2 heterocycles. The van der Waals surface area contributed by atoms with Crippen molar-refractivity contribution in [1.29, 1.82) is 0 Å². The standard InChI is InChI=1S/C21H19ClN4OS2/c22-16-6-8-17(9-7-16)28-14-20(27)26(12-3-11-25-13-10-23-15-25)21-24-18-4-1-2-5-19(18)29-21/h1-2,4-10,13,15H,3,11-12,14H2. The molecule has 29 heavy (non-hydrogen) atoms. The summed E-state index contributed by atoms with van der Waals surface area (Å²) < 4.78 is 3.10. The number of thioether (sulfide) groups is 1. The number of thiazole rings is 1. The molecule has 2 aromatic heterocycles. The van der Waals surface area contributed by atoms with E-state index in [1.807, 2.05) is 64.2 Å². The maximum absolute atomic E-state index is 13.1. The summed E-state index contributed by atoms with van der Waals surface area (Å²) in [5, 5.41) is 1.44. The predicted molar refractivity (Wildman–Crippen MR) is 121 cm³/mol. The normalized spacial score (nSPS) is 11.1. The van der Waals surface area contributed by atoms with Crippen molar-refractivity contribution >= 4 is 56.0 Å². The number of halogens is 1. The molecule has 0 N–H and O–H groups in total. The molecular formula is C21H19ClN4OS2. The minimum absolute atomic E-state index is 0.0506. The average Bonchev–Trinajstić information content (AvgIpc) is 3.40. The Labute approximate surface area is 182 Å². The lowest BCUT2D eigenvalue weighted by molar-refractivity contribution is -0.116. The number of hydrogen-bond acceptors (Lipinski definition) is 5. The minimum atomic E-state index is 0.0506. The van der Waals surface area contributed by atoms with E-state index >= 15 is 0 Å². The van der Waals surface area contributed by atoms with E-state index in [1.165, 1.54) is 11.8 Å². The van der Waals surface area contributed by atoms with E-state index in [-0.39, 0.29) is 5.91 Å². The number of para-hydroxylation sites is 1. The third kappa shape index (κ3) is 5.18. The second-order valence-corrected chi connectivity index (χ2v) is 8.90. The van der Waals surface area contributed by atoms with E-state index in [2.05, 4.69) is 4.98 Å². The summed E-state index contributed by atoms with van der Waals surface area (Å²) in [5.41, 5.74) is 0.922. The summed E-state index contributed by atoms with van der Waals surface area (Å²) >= 11 is 9.01. The lowest BCUT2D eigenvalue weighted by Crippen LogP contribution is -2.33. The SMILES string of the molecule is O=C(CSc1ccc(Cl)cc1)N(CCCn1ccnc1)c1nc2ccccc2s1. The van der Waals surface area contributed by atoms with Crippen molar-refractivity contribution in [3.63, 3.8) is 0 Å². The molecule has 0 atom stereocenters. The molecule has 148 valence electrons. The van der Waals surface area contributed by atoms with Crippen LogP contribution in [0.4, 0.5) is 5.13 Å². The van der Waals surface area contributed by atoms with Gasteiger partial charge in [-0.25, -0.2) is 9.97 Å². The number of amides is 1. The molecule has 0 radical (unpaired) electrons. The number of anilines is 1. The molecule has 1 amide bonds. The molecule has 0 aliphatic carbocycles. The van der Waals surface area contributed by atoms with Gasteiger partial charge in [0.15, 0.2) is 5.13 Å². The van der Waals surface area contributed by atoms with Gasteiger partial charge < -0.3 is 4.57 Å². The fourth-order valence-electron chi connectivity index (χ4n) is 2.89. The van der Waals surface area contributed by atoms with Gasteiger partial charge >= 0.3 is 0 Å². The van der Waals surface area contributed by atoms with Crippen LogP contribution in [0.3, 0.4) is 0 Å². The Morgan fingerprint density at radius 2 is 2.00 bits per heavy atom. The fourth-order valence-corrected chi connectivity index (χ4v) is 4.80. The fraction of sp³-hybridized carbons (Fsp3) is 0.190. The number of nitrogens with zero attached hydrogens (tertiary/aromatic N) is 4. The van der Waals surface area contributed by atoms with Gasteiger partial charge in [-0.15, -0.1) is 11.8 Å². The molecule has 4 rings (SSSR count). The summed E-state index contributed by atoms with van der Waals surface area (Å²) in [7, 11) is 0. The van der Waals surface area contributed by atoms with Gasteiger partial charge in [-0.3, -0.25) is 9.69 Å². The molecule has 0 saturated carbocycles. The second kappa shape index (κ2) is 9.43. The van der Waals surface area contributed by atoms with Crippen LogP contribution in [-0.4, -0.2) is 32.7 Å². The Hall–Kier alpha value is -2.35. The maximum Gasteiger partial charge on any atom is 0.239 e. The Morgan fingerprint density at radius 3 is 2.76 bits per heavy atom. The smallest absolute Gasteiger partial charge is 0.239 e. The van der Waals surface area contributed by atoms with Crippen LogP contribution in [0.1, 0.15) is 6.42 Å². The van der Waals surface area contributed by atoms with Crippen molar-refractivity contribution in [3.05, 3.63) is 72.3 Å². The lowest BCUT2D eigenvalue weighted by atomic mass is 10.3. The molecule has 0 aliphatic heterocycles. The molecule has 0 fully saturated rings. The van der Waals surface area contributed by atoms with Crippen molar-refractivity contribution in [1.82, 2.24) is 14.5 Å². The van der Waals surface area contributed by atoms with Crippen LogP contribution in [0.5, 0.6) is 0 Å². The quantitative estimate of drug-likeness (QED) is 0.344. The van der Waals surface area contributed by atoms with Crippen molar-refractivity contribution in [2.45, 2.75) is 17.9 Å². The van der Waals surface area contributed by atoms with E-state index in [1.54, 1.807) is 23.9 Å². The molecule has 0 bridgehead atoms. The second-order valence-electron chi connectivity index (χ2n) is 6.41. The van der Waals surface area contributed by atoms with E-state index in [4.69, 9.17) is 16.6 Å². The molecule has 4 aromatic rings. The first-order valence-electron chi connectivity index (χ1n) is 9.19. The summed E-state index contributed by atoms with van der Waals surface area (Å²) in [5.74, 6) is 0.400. The molecule has 0 aliphatic rings. The van der Waals surface area contributed by atoms with E-state index in [0.717, 1.165) is 33.2 Å². The van der Waals surface area contributed by atoms with Crippen LogP contribution in [-0.2, 0) is 11.3 Å². The molecule has 5 nitrogen and oxygen atoms in total. The molecule has 0 spiro atoms. The zero-order valence-electron chi connectivity index (χ0n) is 15.6. The van der Waals surface area contributed by atoms with Crippen molar-refractivity contribution in [3.8, 4) is 0 Å². The number of aromatic nitrogens is 3. The Bertz CT molecular complexity index is 1050. The first kappa shape index (κ1) is 19.9.